The number of benzene rings is 2. The molecule has 0 saturated carbocycles. The summed E-state index contributed by atoms with van der Waals surface area (Å²) in [5, 5.41) is 13.8. The van der Waals surface area contributed by atoms with E-state index in [0.717, 1.165) is 15.8 Å². The van der Waals surface area contributed by atoms with E-state index in [1.807, 2.05) is 18.2 Å². The molecule has 0 aliphatic rings. The van der Waals surface area contributed by atoms with Crippen LogP contribution in [-0.4, -0.2) is 16.2 Å². The number of halogens is 1. The second-order valence-electron chi connectivity index (χ2n) is 6.11. The lowest BCUT2D eigenvalue weighted by Gasteiger charge is -2.24. The third-order valence-electron chi connectivity index (χ3n) is 4.12. The van der Waals surface area contributed by atoms with Gasteiger partial charge in [0.25, 0.3) is 0 Å². The van der Waals surface area contributed by atoms with Gasteiger partial charge in [0.1, 0.15) is 5.82 Å². The van der Waals surface area contributed by atoms with Crippen LogP contribution in [0.3, 0.4) is 0 Å². The quantitative estimate of drug-likeness (QED) is 0.747. The minimum absolute atomic E-state index is 0.0225. The van der Waals surface area contributed by atoms with Gasteiger partial charge in [-0.2, -0.15) is 0 Å². The van der Waals surface area contributed by atoms with Gasteiger partial charge in [0.15, 0.2) is 0 Å². The first kappa shape index (κ1) is 16.8. The van der Waals surface area contributed by atoms with Crippen LogP contribution >= 0.6 is 11.3 Å². The number of thiazole rings is 1. The van der Waals surface area contributed by atoms with Gasteiger partial charge in [-0.05, 0) is 42.3 Å². The molecule has 1 aromatic heterocycles. The van der Waals surface area contributed by atoms with E-state index in [9.17, 15) is 14.3 Å². The highest BCUT2D eigenvalue weighted by Crippen LogP contribution is 2.21. The minimum Gasteiger partial charge on any atom is -0.384 e. The Labute approximate surface area is 143 Å². The second-order valence-corrected chi connectivity index (χ2v) is 7.11. The van der Waals surface area contributed by atoms with Crippen LogP contribution in [0.1, 0.15) is 18.1 Å². The highest BCUT2D eigenvalue weighted by molar-refractivity contribution is 7.16. The molecule has 0 amide bonds. The number of aliphatic hydroxyl groups is 1. The first-order valence-electron chi connectivity index (χ1n) is 7.64. The molecule has 0 bridgehead atoms. The smallest absolute Gasteiger partial charge is 0.307 e. The number of hydrogen-bond acceptors (Lipinski definition) is 4. The summed E-state index contributed by atoms with van der Waals surface area (Å²) >= 11 is 1.22. The van der Waals surface area contributed by atoms with Crippen LogP contribution in [0.15, 0.2) is 47.3 Å². The Balaban J connectivity index is 1.67. The highest BCUT2D eigenvalue weighted by atomic mass is 32.1. The number of nitrogens with zero attached hydrogens (tertiary/aromatic N) is 1. The molecule has 0 unspecified atom stereocenters. The number of nitrogens with one attached hydrogen (secondary N) is 1. The number of aryl methyl sites for hydroxylation is 1. The van der Waals surface area contributed by atoms with Crippen molar-refractivity contribution in [2.75, 3.05) is 6.54 Å². The fourth-order valence-corrected chi connectivity index (χ4v) is 3.59. The molecule has 0 aliphatic carbocycles. The maximum absolute atomic E-state index is 13.0. The van der Waals surface area contributed by atoms with Crippen LogP contribution in [0.5, 0.6) is 0 Å². The Morgan fingerprint density at radius 3 is 2.67 bits per heavy atom. The Hall–Kier alpha value is -2.02. The first-order chi connectivity index (χ1) is 11.4. The van der Waals surface area contributed by atoms with E-state index >= 15 is 0 Å². The maximum atomic E-state index is 13.0. The van der Waals surface area contributed by atoms with Gasteiger partial charge < -0.3 is 15.0 Å². The van der Waals surface area contributed by atoms with Gasteiger partial charge in [-0.1, -0.05) is 29.5 Å². The van der Waals surface area contributed by atoms with Crippen LogP contribution < -0.4 is 10.2 Å². The van der Waals surface area contributed by atoms with Crippen molar-refractivity contribution in [3.05, 3.63) is 69.1 Å². The van der Waals surface area contributed by atoms with Crippen molar-refractivity contribution in [3.63, 3.8) is 0 Å². The van der Waals surface area contributed by atoms with Crippen LogP contribution in [-0.2, 0) is 19.2 Å². The lowest BCUT2D eigenvalue weighted by molar-refractivity contribution is 0.0566. The average molecular weight is 346 g/mol. The van der Waals surface area contributed by atoms with Gasteiger partial charge in [0, 0.05) is 20.1 Å². The lowest BCUT2D eigenvalue weighted by atomic mass is 9.96. The normalized spacial score (nSPS) is 14.0. The molecule has 3 aromatic rings. The summed E-state index contributed by atoms with van der Waals surface area (Å²) in [5.41, 5.74) is 1.54. The molecule has 0 spiro atoms. The summed E-state index contributed by atoms with van der Waals surface area (Å²) in [7, 11) is 1.76. The first-order valence-corrected chi connectivity index (χ1v) is 8.46. The topological polar surface area (TPSA) is 54.3 Å². The van der Waals surface area contributed by atoms with E-state index in [2.05, 4.69) is 5.32 Å². The van der Waals surface area contributed by atoms with Crippen molar-refractivity contribution in [1.29, 1.82) is 0 Å². The molecule has 0 fully saturated rings. The van der Waals surface area contributed by atoms with E-state index in [0.29, 0.717) is 18.7 Å². The van der Waals surface area contributed by atoms with E-state index in [-0.39, 0.29) is 10.7 Å². The molecule has 2 N–H and O–H groups in total. The van der Waals surface area contributed by atoms with Crippen LogP contribution in [0, 0.1) is 5.82 Å². The summed E-state index contributed by atoms with van der Waals surface area (Å²) in [6.45, 7) is 2.60. The van der Waals surface area contributed by atoms with Crippen LogP contribution in [0.25, 0.3) is 10.2 Å². The van der Waals surface area contributed by atoms with Crippen molar-refractivity contribution < 1.29 is 9.50 Å². The molecule has 0 radical (unpaired) electrons. The Morgan fingerprint density at radius 1 is 1.25 bits per heavy atom. The summed E-state index contributed by atoms with van der Waals surface area (Å²) in [4.78, 5) is 11.7. The fourth-order valence-electron chi connectivity index (χ4n) is 2.65. The van der Waals surface area contributed by atoms with Crippen molar-refractivity contribution >= 4 is 21.6 Å². The second kappa shape index (κ2) is 6.47. The van der Waals surface area contributed by atoms with E-state index < -0.39 is 5.60 Å². The molecule has 24 heavy (non-hydrogen) atoms. The number of hydrogen-bond donors (Lipinski definition) is 2. The fraction of sp³-hybridized carbons (Fsp3) is 0.278. The van der Waals surface area contributed by atoms with E-state index in [4.69, 9.17) is 0 Å². The predicted molar refractivity (Wildman–Crippen MR) is 94.7 cm³/mol. The third kappa shape index (κ3) is 3.40. The molecule has 2 aromatic carbocycles. The molecular formula is C18H19FN2O2S. The largest absolute Gasteiger partial charge is 0.384 e. The molecule has 1 atom stereocenters. The summed E-state index contributed by atoms with van der Waals surface area (Å²) in [6.07, 6.45) is 0. The van der Waals surface area contributed by atoms with Crippen molar-refractivity contribution in [1.82, 2.24) is 9.88 Å². The van der Waals surface area contributed by atoms with Gasteiger partial charge in [-0.15, -0.1) is 0 Å². The van der Waals surface area contributed by atoms with Gasteiger partial charge in [-0.25, -0.2) is 4.39 Å². The molecular weight excluding hydrogens is 327 g/mol. The zero-order chi connectivity index (χ0) is 17.3. The Bertz CT molecular complexity index is 913. The molecule has 1 heterocycles. The maximum Gasteiger partial charge on any atom is 0.307 e. The van der Waals surface area contributed by atoms with Crippen molar-refractivity contribution in [3.8, 4) is 0 Å². The van der Waals surface area contributed by atoms with Crippen molar-refractivity contribution in [2.45, 2.75) is 19.1 Å². The lowest BCUT2D eigenvalue weighted by Crippen LogP contribution is -2.35. The summed E-state index contributed by atoms with van der Waals surface area (Å²) in [5.74, 6) is -0.322. The van der Waals surface area contributed by atoms with E-state index in [1.54, 1.807) is 30.7 Å². The minimum atomic E-state index is -1.09. The summed E-state index contributed by atoms with van der Waals surface area (Å²) < 4.78 is 15.6. The van der Waals surface area contributed by atoms with Gasteiger partial charge in [-0.3, -0.25) is 4.79 Å². The molecule has 0 aliphatic heterocycles. The third-order valence-corrected chi connectivity index (χ3v) is 5.12. The van der Waals surface area contributed by atoms with Crippen molar-refractivity contribution in [2.24, 2.45) is 7.05 Å². The number of fused-ring (bicyclic) bond motifs is 1. The highest BCUT2D eigenvalue weighted by Gasteiger charge is 2.22. The molecule has 4 nitrogen and oxygen atoms in total. The molecule has 126 valence electrons. The zero-order valence-corrected chi connectivity index (χ0v) is 14.4. The molecule has 6 heteroatoms. The Kier molecular flexibility index (Phi) is 4.54. The number of aromatic nitrogens is 1. The summed E-state index contributed by atoms with van der Waals surface area (Å²) in [6, 6.07) is 11.7. The zero-order valence-electron chi connectivity index (χ0n) is 13.5. The van der Waals surface area contributed by atoms with E-state index in [1.165, 1.54) is 23.5 Å². The average Bonchev–Trinajstić information content (AvgIpc) is 2.82. The monoisotopic (exact) mass is 346 g/mol. The predicted octanol–water partition coefficient (Wildman–Crippen LogP) is 2.74. The number of rotatable bonds is 5. The Morgan fingerprint density at radius 2 is 1.96 bits per heavy atom. The van der Waals surface area contributed by atoms with Crippen LogP contribution in [0.4, 0.5) is 4.39 Å². The van der Waals surface area contributed by atoms with Gasteiger partial charge >= 0.3 is 4.87 Å². The molecule has 0 saturated heterocycles. The standard InChI is InChI=1S/C18H19FN2O2S/c1-18(23,13-4-6-14(19)7-5-13)11-20-10-12-3-8-15-16(9-12)24-17(22)21(15)2/h3-9,20,23H,10-11H2,1-2H3/t18-/m0/s1. The van der Waals surface area contributed by atoms with Gasteiger partial charge in [0.2, 0.25) is 0 Å². The van der Waals surface area contributed by atoms with Gasteiger partial charge in [0.05, 0.1) is 15.8 Å². The van der Waals surface area contributed by atoms with Crippen LogP contribution in [0.2, 0.25) is 0 Å². The molecule has 3 rings (SSSR count). The SMILES string of the molecule is Cn1c(=O)sc2cc(CNC[C@](C)(O)c3ccc(F)cc3)ccc21.